The number of nitrogens with two attached hydrogens (primary N) is 1. The number of aliphatic hydroxyl groups excluding tert-OH is 2. The Bertz CT molecular complexity index is 1250. The molecule has 3 heterocycles. The van der Waals surface area contributed by atoms with Gasteiger partial charge < -0.3 is 20.3 Å². The van der Waals surface area contributed by atoms with E-state index in [0.717, 1.165) is 12.8 Å². The molecule has 1 aliphatic heterocycles. The molecule has 5 N–H and O–H groups in total. The third-order valence-corrected chi connectivity index (χ3v) is 6.91. The maximum atomic E-state index is 11.3. The van der Waals surface area contributed by atoms with Crippen LogP contribution in [0.5, 0.6) is 0 Å². The molecule has 0 amide bonds. The van der Waals surface area contributed by atoms with Gasteiger partial charge in [-0.15, -0.1) is 0 Å². The number of ether oxygens (including phenoxy) is 1. The predicted octanol–water partition coefficient (Wildman–Crippen LogP) is 0.223. The molecule has 0 radical (unpaired) electrons. The molecule has 2 aromatic heterocycles. The summed E-state index contributed by atoms with van der Waals surface area (Å²) in [5.74, 6) is 0.201. The van der Waals surface area contributed by atoms with Crippen molar-refractivity contribution in [1.29, 1.82) is 0 Å². The Kier molecular flexibility index (Phi) is 5.34. The van der Waals surface area contributed by atoms with Crippen LogP contribution in [0.3, 0.4) is 0 Å². The summed E-state index contributed by atoms with van der Waals surface area (Å²) < 4.78 is 29.8. The average Bonchev–Trinajstić information content (AvgIpc) is 3.44. The van der Waals surface area contributed by atoms with Crippen molar-refractivity contribution in [2.45, 2.75) is 49.8 Å². The van der Waals surface area contributed by atoms with Gasteiger partial charge >= 0.3 is 0 Å². The van der Waals surface area contributed by atoms with Gasteiger partial charge in [0.1, 0.15) is 18.5 Å². The molecule has 12 heteroatoms. The number of aryl methyl sites for hydroxylation is 1. The van der Waals surface area contributed by atoms with Crippen molar-refractivity contribution < 1.29 is 23.4 Å². The van der Waals surface area contributed by atoms with Crippen LogP contribution in [-0.2, 0) is 21.2 Å². The summed E-state index contributed by atoms with van der Waals surface area (Å²) in [6.45, 7) is 0. The third-order valence-electron chi connectivity index (χ3n) is 6.10. The first kappa shape index (κ1) is 21.2. The molecule has 2 aliphatic rings. The third kappa shape index (κ3) is 3.84. The number of rotatable bonds is 6. The van der Waals surface area contributed by atoms with Crippen LogP contribution in [0, 0.1) is 0 Å². The molecule has 170 valence electrons. The first-order valence-corrected chi connectivity index (χ1v) is 12.1. The average molecular weight is 461 g/mol. The van der Waals surface area contributed by atoms with E-state index in [1.165, 1.54) is 28.3 Å². The van der Waals surface area contributed by atoms with E-state index in [1.54, 1.807) is 0 Å². The lowest BCUT2D eigenvalue weighted by atomic mass is 10.1. The molecular weight excluding hydrogens is 436 g/mol. The van der Waals surface area contributed by atoms with Gasteiger partial charge in [-0.3, -0.25) is 4.57 Å². The monoisotopic (exact) mass is 460 g/mol. The number of fused-ring (bicyclic) bond motifs is 2. The standard InChI is InChI=1S/C20H24N6O5S/c21-32(29,30)8-7-14-16(27)17(28)20(31-14)26-10-24-15-18(22-9-23-19(15)26)25-13-6-5-11-3-1-2-4-12(11)13/h1-4,9-10,13-14,16-17,20,27-28H,5-8H2,(H2,21,29,30)(H,22,23,25)/t13-,14+,16-,17+,20+/m0/s1. The van der Waals surface area contributed by atoms with E-state index in [0.29, 0.717) is 17.0 Å². The molecule has 1 fully saturated rings. The topological polar surface area (TPSA) is 165 Å². The van der Waals surface area contributed by atoms with Crippen molar-refractivity contribution in [2.75, 3.05) is 11.1 Å². The molecule has 0 spiro atoms. The zero-order valence-corrected chi connectivity index (χ0v) is 17.9. The lowest BCUT2D eigenvalue weighted by Crippen LogP contribution is -2.33. The van der Waals surface area contributed by atoms with Gasteiger partial charge in [0.15, 0.2) is 23.2 Å². The van der Waals surface area contributed by atoms with Crippen molar-refractivity contribution >= 4 is 27.0 Å². The van der Waals surface area contributed by atoms with Gasteiger partial charge in [0, 0.05) is 0 Å². The molecule has 1 aromatic carbocycles. The highest BCUT2D eigenvalue weighted by Crippen LogP contribution is 2.36. The van der Waals surface area contributed by atoms with Crippen LogP contribution in [0.25, 0.3) is 11.2 Å². The number of benzene rings is 1. The molecule has 0 bridgehead atoms. The number of imidazole rings is 1. The van der Waals surface area contributed by atoms with Crippen LogP contribution in [0.4, 0.5) is 5.82 Å². The molecular formula is C20H24N6O5S. The first-order valence-electron chi connectivity index (χ1n) is 10.4. The summed E-state index contributed by atoms with van der Waals surface area (Å²) in [5, 5.41) is 29.4. The van der Waals surface area contributed by atoms with Gasteiger partial charge in [0.25, 0.3) is 0 Å². The number of aliphatic hydroxyl groups is 2. The van der Waals surface area contributed by atoms with E-state index in [2.05, 4.69) is 32.4 Å². The first-order chi connectivity index (χ1) is 15.3. The molecule has 1 aliphatic carbocycles. The maximum Gasteiger partial charge on any atom is 0.209 e. The molecule has 3 aromatic rings. The van der Waals surface area contributed by atoms with Crippen molar-refractivity contribution in [3.05, 3.63) is 48.0 Å². The fourth-order valence-corrected chi connectivity index (χ4v) is 5.05. The van der Waals surface area contributed by atoms with Gasteiger partial charge in [-0.1, -0.05) is 24.3 Å². The number of hydrogen-bond acceptors (Lipinski definition) is 9. The van der Waals surface area contributed by atoms with Crippen LogP contribution in [-0.4, -0.2) is 62.2 Å². The summed E-state index contributed by atoms with van der Waals surface area (Å²) in [6, 6.07) is 8.37. The second-order valence-corrected chi connectivity index (χ2v) is 9.92. The predicted molar refractivity (Wildman–Crippen MR) is 115 cm³/mol. The van der Waals surface area contributed by atoms with E-state index < -0.39 is 34.6 Å². The molecule has 1 saturated heterocycles. The highest BCUT2D eigenvalue weighted by Gasteiger charge is 2.44. The SMILES string of the molecule is NS(=O)(=O)CC[C@H]1O[C@@H](n2cnc3c(N[C@H]4CCc5ccccc54)ncnc32)[C@H](O)[C@H]1O. The molecule has 0 saturated carbocycles. The Morgan fingerprint density at radius 2 is 2.00 bits per heavy atom. The lowest BCUT2D eigenvalue weighted by molar-refractivity contribution is -0.0353. The molecule has 32 heavy (non-hydrogen) atoms. The molecule has 11 nitrogen and oxygen atoms in total. The van der Waals surface area contributed by atoms with Gasteiger partial charge in [-0.2, -0.15) is 0 Å². The van der Waals surface area contributed by atoms with Crippen molar-refractivity contribution in [3.63, 3.8) is 0 Å². The number of primary sulfonamides is 1. The summed E-state index contributed by atoms with van der Waals surface area (Å²) in [7, 11) is -3.72. The summed E-state index contributed by atoms with van der Waals surface area (Å²) in [6.07, 6.45) is 0.332. The molecule has 5 rings (SSSR count). The second kappa shape index (κ2) is 8.05. The van der Waals surface area contributed by atoms with Crippen LogP contribution in [0.15, 0.2) is 36.9 Å². The molecule has 5 atom stereocenters. The number of nitrogens with zero attached hydrogens (tertiary/aromatic N) is 4. The van der Waals surface area contributed by atoms with Crippen LogP contribution in [0.1, 0.15) is 36.2 Å². The van der Waals surface area contributed by atoms with E-state index >= 15 is 0 Å². The van der Waals surface area contributed by atoms with Gasteiger partial charge in [-0.25, -0.2) is 28.5 Å². The minimum absolute atomic E-state index is 0.0386. The quantitative estimate of drug-likeness (QED) is 0.402. The van der Waals surface area contributed by atoms with Crippen LogP contribution < -0.4 is 10.5 Å². The van der Waals surface area contributed by atoms with E-state index in [9.17, 15) is 18.6 Å². The number of sulfonamides is 1. The normalized spacial score (nSPS) is 27.7. The Labute approximate surface area is 184 Å². The highest BCUT2D eigenvalue weighted by molar-refractivity contribution is 7.89. The van der Waals surface area contributed by atoms with E-state index in [1.807, 2.05) is 12.1 Å². The van der Waals surface area contributed by atoms with Crippen molar-refractivity contribution in [3.8, 4) is 0 Å². The zero-order chi connectivity index (χ0) is 22.5. The number of nitrogens with one attached hydrogen (secondary N) is 1. The Morgan fingerprint density at radius 3 is 2.81 bits per heavy atom. The van der Waals surface area contributed by atoms with E-state index in [-0.39, 0.29) is 18.2 Å². The van der Waals surface area contributed by atoms with Crippen LogP contribution in [0.2, 0.25) is 0 Å². The smallest absolute Gasteiger partial charge is 0.209 e. The summed E-state index contributed by atoms with van der Waals surface area (Å²) in [4.78, 5) is 13.1. The van der Waals surface area contributed by atoms with Crippen molar-refractivity contribution in [1.82, 2.24) is 19.5 Å². The van der Waals surface area contributed by atoms with Gasteiger partial charge in [0.05, 0.1) is 24.2 Å². The van der Waals surface area contributed by atoms with Gasteiger partial charge in [-0.05, 0) is 30.4 Å². The minimum Gasteiger partial charge on any atom is -0.388 e. The Hall–Kier alpha value is -2.64. The maximum absolute atomic E-state index is 11.3. The summed E-state index contributed by atoms with van der Waals surface area (Å²) in [5.41, 5.74) is 3.48. The fraction of sp³-hybridized carbons (Fsp3) is 0.450. The number of anilines is 1. The zero-order valence-electron chi connectivity index (χ0n) is 17.1. The number of hydrogen-bond donors (Lipinski definition) is 4. The van der Waals surface area contributed by atoms with Crippen molar-refractivity contribution in [2.24, 2.45) is 5.14 Å². The van der Waals surface area contributed by atoms with Gasteiger partial charge in [0.2, 0.25) is 10.0 Å². The van der Waals surface area contributed by atoms with E-state index in [4.69, 9.17) is 9.88 Å². The fourth-order valence-electron chi connectivity index (χ4n) is 4.49. The lowest BCUT2D eigenvalue weighted by Gasteiger charge is -2.17. The Balaban J connectivity index is 1.40. The molecule has 0 unspecified atom stereocenters. The minimum atomic E-state index is -3.72. The highest BCUT2D eigenvalue weighted by atomic mass is 32.2. The van der Waals surface area contributed by atoms with Crippen LogP contribution >= 0.6 is 0 Å². The second-order valence-electron chi connectivity index (χ2n) is 8.18. The summed E-state index contributed by atoms with van der Waals surface area (Å²) >= 11 is 0. The Morgan fingerprint density at radius 1 is 1.19 bits per heavy atom. The largest absolute Gasteiger partial charge is 0.388 e. The number of aromatic nitrogens is 4.